The number of nitrogens with one attached hydrogen (secondary N) is 2. The lowest BCUT2D eigenvalue weighted by molar-refractivity contribution is 0.0502. The lowest BCUT2D eigenvalue weighted by atomic mass is 9.82. The van der Waals surface area contributed by atoms with Crippen molar-refractivity contribution in [2.45, 2.75) is 104 Å². The lowest BCUT2D eigenvalue weighted by Crippen LogP contribution is -2.36. The molecule has 0 aromatic rings. The van der Waals surface area contributed by atoms with Crippen LogP contribution in [-0.4, -0.2) is 49.6 Å². The monoisotopic (exact) mass is 484 g/mol. The van der Waals surface area contributed by atoms with Crippen molar-refractivity contribution in [3.05, 3.63) is 0 Å². The first kappa shape index (κ1) is 30.5. The first-order valence-corrected chi connectivity index (χ1v) is 13.1. The van der Waals surface area contributed by atoms with Gasteiger partial charge in [0.2, 0.25) is 0 Å². The van der Waals surface area contributed by atoms with E-state index in [1.54, 1.807) is 0 Å². The Morgan fingerprint density at radius 2 is 0.882 bits per heavy atom. The molecule has 2 fully saturated rings. The summed E-state index contributed by atoms with van der Waals surface area (Å²) in [4.78, 5) is 22.9. The molecule has 0 aromatic heterocycles. The molecule has 2 aliphatic carbocycles. The van der Waals surface area contributed by atoms with Crippen LogP contribution in [0.1, 0.15) is 92.9 Å². The fourth-order valence-electron chi connectivity index (χ4n) is 4.43. The van der Waals surface area contributed by atoms with Crippen molar-refractivity contribution in [2.24, 2.45) is 35.1 Å². The van der Waals surface area contributed by atoms with Gasteiger partial charge in [-0.15, -0.1) is 0 Å². The molecule has 0 aromatic carbocycles. The molecule has 2 aliphatic rings. The molecule has 8 heteroatoms. The van der Waals surface area contributed by atoms with Gasteiger partial charge in [0.25, 0.3) is 0 Å². The smallest absolute Gasteiger partial charge is 0.407 e. The molecule has 0 bridgehead atoms. The number of carbonyl (C=O) groups is 2. The van der Waals surface area contributed by atoms with Gasteiger partial charge in [0.05, 0.1) is 0 Å². The predicted octanol–water partition coefficient (Wildman–Crippen LogP) is 4.55. The highest BCUT2D eigenvalue weighted by Crippen LogP contribution is 2.28. The molecule has 2 rings (SSSR count). The molecule has 6 N–H and O–H groups in total. The second-order valence-electron chi connectivity index (χ2n) is 12.0. The Labute approximate surface area is 207 Å². The van der Waals surface area contributed by atoms with E-state index in [0.29, 0.717) is 23.7 Å². The number of hydrogen-bond acceptors (Lipinski definition) is 6. The van der Waals surface area contributed by atoms with Crippen LogP contribution in [-0.2, 0) is 9.47 Å². The van der Waals surface area contributed by atoms with Crippen molar-refractivity contribution in [3.8, 4) is 0 Å². The van der Waals surface area contributed by atoms with E-state index in [-0.39, 0.29) is 12.2 Å². The van der Waals surface area contributed by atoms with Gasteiger partial charge in [-0.2, -0.15) is 0 Å². The van der Waals surface area contributed by atoms with E-state index >= 15 is 0 Å². The number of hydrogen-bond donors (Lipinski definition) is 4. The highest BCUT2D eigenvalue weighted by molar-refractivity contribution is 5.67. The zero-order chi connectivity index (χ0) is 25.8. The molecule has 0 atom stereocenters. The molecule has 34 heavy (non-hydrogen) atoms. The number of nitrogens with two attached hydrogens (primary N) is 2. The normalized spacial score (nSPS) is 25.4. The molecule has 0 spiro atoms. The highest BCUT2D eigenvalue weighted by atomic mass is 16.6. The van der Waals surface area contributed by atoms with E-state index < -0.39 is 11.2 Å². The van der Waals surface area contributed by atoms with Gasteiger partial charge in [-0.05, 0) is 130 Å². The number of ether oxygens (including phenoxy) is 2. The van der Waals surface area contributed by atoms with Crippen LogP contribution in [0.5, 0.6) is 0 Å². The Morgan fingerprint density at radius 3 is 1.12 bits per heavy atom. The topological polar surface area (TPSA) is 129 Å². The maximum Gasteiger partial charge on any atom is 0.407 e. The summed E-state index contributed by atoms with van der Waals surface area (Å²) < 4.78 is 10.4. The summed E-state index contributed by atoms with van der Waals surface area (Å²) in [6.07, 6.45) is 8.81. The minimum absolute atomic E-state index is 0.307. The standard InChI is InChI=1S/2C13H26N2O2/c2*1-13(2,3)17-12(16)15-9-11-6-4-10(8-14)5-7-11/h2*10-11H,4-9,14H2,1-3H3,(H,15,16). The van der Waals surface area contributed by atoms with Gasteiger partial charge in [0.15, 0.2) is 0 Å². The van der Waals surface area contributed by atoms with E-state index in [1.165, 1.54) is 25.7 Å². The van der Waals surface area contributed by atoms with Crippen molar-refractivity contribution in [1.82, 2.24) is 10.6 Å². The lowest BCUT2D eigenvalue weighted by Gasteiger charge is -2.28. The molecule has 0 heterocycles. The summed E-state index contributed by atoms with van der Waals surface area (Å²) in [5, 5.41) is 5.70. The van der Waals surface area contributed by atoms with E-state index in [0.717, 1.165) is 51.9 Å². The highest BCUT2D eigenvalue weighted by Gasteiger charge is 2.23. The predicted molar refractivity (Wildman–Crippen MR) is 137 cm³/mol. The zero-order valence-corrected chi connectivity index (χ0v) is 22.6. The average molecular weight is 485 g/mol. The Bertz CT molecular complexity index is 533. The van der Waals surface area contributed by atoms with Crippen molar-refractivity contribution >= 4 is 12.2 Å². The van der Waals surface area contributed by atoms with E-state index in [4.69, 9.17) is 20.9 Å². The number of rotatable bonds is 6. The number of carbonyl (C=O) groups excluding carboxylic acids is 2. The second-order valence-corrected chi connectivity index (χ2v) is 12.0. The molecular weight excluding hydrogens is 432 g/mol. The molecule has 2 amide bonds. The van der Waals surface area contributed by atoms with E-state index in [9.17, 15) is 9.59 Å². The molecule has 2 saturated carbocycles. The summed E-state index contributed by atoms with van der Waals surface area (Å²) in [7, 11) is 0. The van der Waals surface area contributed by atoms with Crippen LogP contribution in [0.4, 0.5) is 9.59 Å². The van der Waals surface area contributed by atoms with Gasteiger partial charge in [-0.3, -0.25) is 0 Å². The van der Waals surface area contributed by atoms with Crippen LogP contribution in [0.25, 0.3) is 0 Å². The summed E-state index contributed by atoms with van der Waals surface area (Å²) >= 11 is 0. The van der Waals surface area contributed by atoms with Gasteiger partial charge in [-0.25, -0.2) is 9.59 Å². The Kier molecular flexibility index (Phi) is 13.2. The summed E-state index contributed by atoms with van der Waals surface area (Å²) in [6.45, 7) is 14.3. The molecular formula is C26H52N4O4. The van der Waals surface area contributed by atoms with Crippen LogP contribution >= 0.6 is 0 Å². The zero-order valence-electron chi connectivity index (χ0n) is 22.6. The molecule has 200 valence electrons. The number of alkyl carbamates (subject to hydrolysis) is 2. The van der Waals surface area contributed by atoms with Crippen molar-refractivity contribution in [3.63, 3.8) is 0 Å². The number of amides is 2. The largest absolute Gasteiger partial charge is 0.444 e. The molecule has 8 nitrogen and oxygen atoms in total. The fraction of sp³-hybridized carbons (Fsp3) is 0.923. The molecule has 0 saturated heterocycles. The fourth-order valence-corrected chi connectivity index (χ4v) is 4.43. The van der Waals surface area contributed by atoms with Crippen LogP contribution in [0, 0.1) is 23.7 Å². The third kappa shape index (κ3) is 14.7. The SMILES string of the molecule is CC(C)(C)OC(=O)NCC1CCC(CN)CC1.CC(C)(C)OC(=O)NCC1CCC(CN)CC1. The van der Waals surface area contributed by atoms with E-state index in [1.807, 2.05) is 41.5 Å². The minimum atomic E-state index is -0.415. The summed E-state index contributed by atoms with van der Waals surface area (Å²) in [5.74, 6) is 2.55. The first-order valence-electron chi connectivity index (χ1n) is 13.1. The van der Waals surface area contributed by atoms with Gasteiger partial charge in [-0.1, -0.05) is 0 Å². The summed E-state index contributed by atoms with van der Waals surface area (Å²) in [6, 6.07) is 0. The second kappa shape index (κ2) is 14.8. The van der Waals surface area contributed by atoms with Crippen LogP contribution in [0.15, 0.2) is 0 Å². The van der Waals surface area contributed by atoms with Gasteiger partial charge in [0.1, 0.15) is 11.2 Å². The first-order chi connectivity index (χ1) is 15.8. The van der Waals surface area contributed by atoms with Gasteiger partial charge in [0, 0.05) is 13.1 Å². The average Bonchev–Trinajstić information content (AvgIpc) is 2.75. The van der Waals surface area contributed by atoms with Crippen molar-refractivity contribution in [2.75, 3.05) is 26.2 Å². The van der Waals surface area contributed by atoms with Gasteiger partial charge >= 0.3 is 12.2 Å². The third-order valence-corrected chi connectivity index (χ3v) is 6.47. The summed E-state index contributed by atoms with van der Waals surface area (Å²) in [5.41, 5.74) is 10.5. The molecule has 0 aliphatic heterocycles. The van der Waals surface area contributed by atoms with Crippen molar-refractivity contribution in [1.29, 1.82) is 0 Å². The Balaban J connectivity index is 0.000000340. The molecule has 0 radical (unpaired) electrons. The van der Waals surface area contributed by atoms with Crippen molar-refractivity contribution < 1.29 is 19.1 Å². The Hall–Kier alpha value is -1.54. The minimum Gasteiger partial charge on any atom is -0.444 e. The van der Waals surface area contributed by atoms with Crippen LogP contribution < -0.4 is 22.1 Å². The molecule has 0 unspecified atom stereocenters. The van der Waals surface area contributed by atoms with E-state index in [2.05, 4.69) is 10.6 Å². The quantitative estimate of drug-likeness (QED) is 0.438. The van der Waals surface area contributed by atoms with Crippen LogP contribution in [0.3, 0.4) is 0 Å². The maximum atomic E-state index is 11.5. The van der Waals surface area contributed by atoms with Crippen LogP contribution in [0.2, 0.25) is 0 Å². The maximum absolute atomic E-state index is 11.5. The Morgan fingerprint density at radius 1 is 0.618 bits per heavy atom. The third-order valence-electron chi connectivity index (χ3n) is 6.47. The van der Waals surface area contributed by atoms with Gasteiger partial charge < -0.3 is 31.6 Å².